The Kier molecular flexibility index (Phi) is 25.1. The quantitative estimate of drug-likeness (QED) is 0.0339. The van der Waals surface area contributed by atoms with Crippen molar-refractivity contribution in [2.24, 2.45) is 0 Å². The molecular formula is C48H69NO8. The summed E-state index contributed by atoms with van der Waals surface area (Å²) in [4.78, 5) is 39.6. The van der Waals surface area contributed by atoms with Gasteiger partial charge in [0.2, 0.25) is 0 Å². The molecule has 0 aliphatic rings. The number of methoxy groups -OCH3 is 1. The minimum absolute atomic E-state index is 0.119. The molecule has 3 aromatic carbocycles. The number of anilines is 1. The summed E-state index contributed by atoms with van der Waals surface area (Å²) in [6, 6.07) is 24.4. The zero-order valence-corrected chi connectivity index (χ0v) is 34.9. The van der Waals surface area contributed by atoms with Crippen molar-refractivity contribution in [2.75, 3.05) is 38.3 Å². The molecule has 0 unspecified atom stereocenters. The Morgan fingerprint density at radius 3 is 1.32 bits per heavy atom. The molecule has 0 aliphatic heterocycles. The highest BCUT2D eigenvalue weighted by atomic mass is 16.5. The molecule has 0 heterocycles. The van der Waals surface area contributed by atoms with E-state index < -0.39 is 11.9 Å². The number of benzene rings is 3. The SMILES string of the molecule is CCCCCCCCCCCCCCCCCCOc1cc(OCCCCC(=O)OC)cc(N(CC(=O)OCc2ccccc2)CC(=O)OCc2ccccc2)c1. The van der Waals surface area contributed by atoms with E-state index in [0.29, 0.717) is 49.7 Å². The summed E-state index contributed by atoms with van der Waals surface area (Å²) in [5.74, 6) is -0.110. The van der Waals surface area contributed by atoms with Crippen LogP contribution in [-0.4, -0.2) is 51.3 Å². The van der Waals surface area contributed by atoms with Crippen molar-refractivity contribution < 1.29 is 38.1 Å². The zero-order chi connectivity index (χ0) is 40.6. The van der Waals surface area contributed by atoms with Crippen molar-refractivity contribution in [2.45, 2.75) is 142 Å². The van der Waals surface area contributed by atoms with E-state index in [1.54, 1.807) is 11.0 Å². The number of hydrogen-bond acceptors (Lipinski definition) is 9. The maximum absolute atomic E-state index is 13.2. The Balaban J connectivity index is 1.55. The van der Waals surface area contributed by atoms with E-state index in [0.717, 1.165) is 24.0 Å². The molecule has 0 bridgehead atoms. The van der Waals surface area contributed by atoms with Crippen molar-refractivity contribution in [3.63, 3.8) is 0 Å². The Labute approximate surface area is 342 Å². The van der Waals surface area contributed by atoms with Crippen LogP contribution in [0.2, 0.25) is 0 Å². The number of carbonyl (C=O) groups excluding carboxylic acids is 3. The molecule has 0 fully saturated rings. The van der Waals surface area contributed by atoms with Gasteiger partial charge in [-0.2, -0.15) is 0 Å². The van der Waals surface area contributed by atoms with E-state index in [9.17, 15) is 14.4 Å². The number of nitrogens with zero attached hydrogens (tertiary/aromatic N) is 1. The molecule has 0 spiro atoms. The molecule has 0 radical (unpaired) electrons. The molecule has 0 amide bonds. The van der Waals surface area contributed by atoms with Crippen LogP contribution in [0.4, 0.5) is 5.69 Å². The number of carbonyl (C=O) groups is 3. The third-order valence-electron chi connectivity index (χ3n) is 9.89. The summed E-state index contributed by atoms with van der Waals surface area (Å²) in [7, 11) is 1.38. The lowest BCUT2D eigenvalue weighted by Crippen LogP contribution is -2.36. The van der Waals surface area contributed by atoms with Gasteiger partial charge in [-0.05, 0) is 30.4 Å². The van der Waals surface area contributed by atoms with Gasteiger partial charge in [0.05, 0.1) is 20.3 Å². The molecule has 0 saturated carbocycles. The van der Waals surface area contributed by atoms with Gasteiger partial charge in [0, 0.05) is 30.3 Å². The minimum atomic E-state index is -0.487. The molecule has 57 heavy (non-hydrogen) atoms. The third-order valence-corrected chi connectivity index (χ3v) is 9.89. The number of rotatable bonds is 33. The number of esters is 3. The number of unbranched alkanes of at least 4 members (excludes halogenated alkanes) is 16. The van der Waals surface area contributed by atoms with Crippen LogP contribution < -0.4 is 14.4 Å². The summed E-state index contributed by atoms with van der Waals surface area (Å²) < 4.78 is 28.3. The maximum atomic E-state index is 13.2. The molecule has 0 atom stereocenters. The van der Waals surface area contributed by atoms with Crippen LogP contribution in [0.25, 0.3) is 0 Å². The minimum Gasteiger partial charge on any atom is -0.493 e. The van der Waals surface area contributed by atoms with Crippen LogP contribution in [0.1, 0.15) is 140 Å². The molecule has 9 heteroatoms. The molecule has 0 N–H and O–H groups in total. The average Bonchev–Trinajstić information content (AvgIpc) is 3.23. The van der Waals surface area contributed by atoms with Crippen LogP contribution in [0.15, 0.2) is 78.9 Å². The summed E-state index contributed by atoms with van der Waals surface area (Å²) in [5.41, 5.74) is 2.30. The van der Waals surface area contributed by atoms with E-state index in [-0.39, 0.29) is 32.3 Å². The van der Waals surface area contributed by atoms with Gasteiger partial charge in [0.25, 0.3) is 0 Å². The van der Waals surface area contributed by atoms with E-state index in [1.165, 1.54) is 97.0 Å². The Morgan fingerprint density at radius 1 is 0.491 bits per heavy atom. The summed E-state index contributed by atoms with van der Waals surface area (Å²) in [5, 5.41) is 0. The highest BCUT2D eigenvalue weighted by molar-refractivity contribution is 5.82. The predicted molar refractivity (Wildman–Crippen MR) is 228 cm³/mol. The first kappa shape index (κ1) is 46.8. The molecule has 3 rings (SSSR count). The van der Waals surface area contributed by atoms with Gasteiger partial charge in [-0.15, -0.1) is 0 Å². The van der Waals surface area contributed by atoms with Gasteiger partial charge in [-0.25, -0.2) is 0 Å². The fourth-order valence-electron chi connectivity index (χ4n) is 6.53. The first-order valence-corrected chi connectivity index (χ1v) is 21.6. The summed E-state index contributed by atoms with van der Waals surface area (Å²) >= 11 is 0. The summed E-state index contributed by atoms with van der Waals surface area (Å²) in [6.07, 6.45) is 22.4. The molecule has 0 saturated heterocycles. The second-order valence-electron chi connectivity index (χ2n) is 14.8. The largest absolute Gasteiger partial charge is 0.493 e. The first-order valence-electron chi connectivity index (χ1n) is 21.6. The van der Waals surface area contributed by atoms with Gasteiger partial charge in [0.15, 0.2) is 0 Å². The standard InChI is InChI=1S/C48H69NO8/c1-3-4-5-6-7-8-9-10-11-12-13-14-15-16-17-25-32-54-44-34-43(35-45(36-44)55-33-26-24-31-46(50)53-2)49(37-47(51)56-39-41-27-20-18-21-28-41)38-48(52)57-40-42-29-22-19-23-30-42/h18-23,27-30,34-36H,3-17,24-26,31-33,37-40H2,1-2H3. The third kappa shape index (κ3) is 22.7. The van der Waals surface area contributed by atoms with E-state index >= 15 is 0 Å². The van der Waals surface area contributed by atoms with Crippen LogP contribution in [-0.2, 0) is 41.8 Å². The Morgan fingerprint density at radius 2 is 0.895 bits per heavy atom. The molecule has 0 aromatic heterocycles. The maximum Gasteiger partial charge on any atom is 0.325 e. The fourth-order valence-corrected chi connectivity index (χ4v) is 6.53. The molecule has 0 aliphatic carbocycles. The van der Waals surface area contributed by atoms with Crippen molar-refractivity contribution >= 4 is 23.6 Å². The van der Waals surface area contributed by atoms with Gasteiger partial charge < -0.3 is 28.6 Å². The normalized spacial score (nSPS) is 10.8. The van der Waals surface area contributed by atoms with Crippen LogP contribution in [0.5, 0.6) is 11.5 Å². The lowest BCUT2D eigenvalue weighted by atomic mass is 10.0. The molecule has 314 valence electrons. The Hall–Kier alpha value is -4.53. The monoisotopic (exact) mass is 788 g/mol. The van der Waals surface area contributed by atoms with E-state index in [4.69, 9.17) is 23.7 Å². The van der Waals surface area contributed by atoms with Gasteiger partial charge in [0.1, 0.15) is 37.8 Å². The molecule has 9 nitrogen and oxygen atoms in total. The number of ether oxygens (including phenoxy) is 5. The van der Waals surface area contributed by atoms with Crippen molar-refractivity contribution in [3.8, 4) is 11.5 Å². The second-order valence-corrected chi connectivity index (χ2v) is 14.8. The van der Waals surface area contributed by atoms with E-state index in [1.807, 2.05) is 72.8 Å². The Bertz CT molecular complexity index is 1440. The topological polar surface area (TPSA) is 101 Å². The summed E-state index contributed by atoms with van der Waals surface area (Å²) in [6.45, 7) is 3.05. The predicted octanol–water partition coefficient (Wildman–Crippen LogP) is 11.3. The lowest BCUT2D eigenvalue weighted by molar-refractivity contribution is -0.144. The van der Waals surface area contributed by atoms with E-state index in [2.05, 4.69) is 6.92 Å². The van der Waals surface area contributed by atoms with Crippen LogP contribution >= 0.6 is 0 Å². The van der Waals surface area contributed by atoms with Crippen molar-refractivity contribution in [1.29, 1.82) is 0 Å². The van der Waals surface area contributed by atoms with Gasteiger partial charge in [-0.3, -0.25) is 14.4 Å². The van der Waals surface area contributed by atoms with Gasteiger partial charge >= 0.3 is 17.9 Å². The van der Waals surface area contributed by atoms with Crippen molar-refractivity contribution in [3.05, 3.63) is 90.0 Å². The van der Waals surface area contributed by atoms with Crippen molar-refractivity contribution in [1.82, 2.24) is 0 Å². The van der Waals surface area contributed by atoms with Crippen LogP contribution in [0.3, 0.4) is 0 Å². The van der Waals surface area contributed by atoms with Gasteiger partial charge in [-0.1, -0.05) is 164 Å². The lowest BCUT2D eigenvalue weighted by Gasteiger charge is -2.24. The highest BCUT2D eigenvalue weighted by Gasteiger charge is 2.20. The molecular weight excluding hydrogens is 719 g/mol. The average molecular weight is 788 g/mol. The smallest absolute Gasteiger partial charge is 0.325 e. The fraction of sp³-hybridized carbons (Fsp3) is 0.562. The first-order chi connectivity index (χ1) is 28.0. The highest BCUT2D eigenvalue weighted by Crippen LogP contribution is 2.30. The van der Waals surface area contributed by atoms with Crippen LogP contribution in [0, 0.1) is 0 Å². The zero-order valence-electron chi connectivity index (χ0n) is 34.9. The number of hydrogen-bond donors (Lipinski definition) is 0. The second kappa shape index (κ2) is 30.6. The molecule has 3 aromatic rings.